The van der Waals surface area contributed by atoms with Crippen LogP contribution in [0, 0.1) is 5.82 Å². The smallest absolute Gasteiger partial charge is 0.126 e. The molecule has 0 aliphatic carbocycles. The zero-order valence-corrected chi connectivity index (χ0v) is 7.63. The number of aliphatic hydroxyl groups excluding tert-OH is 1. The standard InChI is InChI=1S/C10H14FNO/c1-2-7-8(10(12)6-13)4-3-5-9(7)11/h3-5,10,13H,2,6,12H2,1H3. The highest BCUT2D eigenvalue weighted by Gasteiger charge is 2.11. The van der Waals surface area contributed by atoms with Crippen molar-refractivity contribution in [2.45, 2.75) is 19.4 Å². The second-order valence-corrected chi connectivity index (χ2v) is 2.95. The van der Waals surface area contributed by atoms with E-state index in [9.17, 15) is 4.39 Å². The molecule has 3 N–H and O–H groups in total. The topological polar surface area (TPSA) is 46.2 Å². The monoisotopic (exact) mass is 183 g/mol. The van der Waals surface area contributed by atoms with Crippen LogP contribution in [-0.2, 0) is 6.42 Å². The summed E-state index contributed by atoms with van der Waals surface area (Å²) in [6.45, 7) is 1.71. The Morgan fingerprint density at radius 1 is 1.54 bits per heavy atom. The van der Waals surface area contributed by atoms with E-state index < -0.39 is 6.04 Å². The molecule has 1 unspecified atom stereocenters. The first-order valence-corrected chi connectivity index (χ1v) is 4.34. The molecule has 0 saturated heterocycles. The van der Waals surface area contributed by atoms with Gasteiger partial charge in [0.1, 0.15) is 5.82 Å². The molecule has 0 aromatic heterocycles. The summed E-state index contributed by atoms with van der Waals surface area (Å²) in [5, 5.41) is 8.85. The SMILES string of the molecule is CCc1c(F)cccc1C(N)CO. The maximum absolute atomic E-state index is 13.2. The number of rotatable bonds is 3. The lowest BCUT2D eigenvalue weighted by Gasteiger charge is -2.13. The van der Waals surface area contributed by atoms with Crippen molar-refractivity contribution in [1.29, 1.82) is 0 Å². The molecule has 0 radical (unpaired) electrons. The van der Waals surface area contributed by atoms with Gasteiger partial charge in [-0.2, -0.15) is 0 Å². The van der Waals surface area contributed by atoms with Crippen LogP contribution < -0.4 is 5.73 Å². The summed E-state index contributed by atoms with van der Waals surface area (Å²) < 4.78 is 13.2. The van der Waals surface area contributed by atoms with Gasteiger partial charge in [0.15, 0.2) is 0 Å². The zero-order valence-electron chi connectivity index (χ0n) is 7.63. The molecule has 0 fully saturated rings. The summed E-state index contributed by atoms with van der Waals surface area (Å²) >= 11 is 0. The van der Waals surface area contributed by atoms with Crippen molar-refractivity contribution in [2.75, 3.05) is 6.61 Å². The molecule has 72 valence electrons. The Bertz CT molecular complexity index is 288. The molecule has 0 bridgehead atoms. The van der Waals surface area contributed by atoms with Crippen LogP contribution in [0.1, 0.15) is 24.1 Å². The maximum atomic E-state index is 13.2. The van der Waals surface area contributed by atoms with Crippen LogP contribution >= 0.6 is 0 Å². The normalized spacial score (nSPS) is 12.9. The molecule has 0 aliphatic heterocycles. The minimum atomic E-state index is -0.481. The minimum absolute atomic E-state index is 0.156. The van der Waals surface area contributed by atoms with E-state index in [-0.39, 0.29) is 12.4 Å². The molecular formula is C10H14FNO. The number of halogens is 1. The Labute approximate surface area is 77.2 Å². The highest BCUT2D eigenvalue weighted by molar-refractivity contribution is 5.31. The van der Waals surface area contributed by atoms with Gasteiger partial charge >= 0.3 is 0 Å². The van der Waals surface area contributed by atoms with Gasteiger partial charge in [0.2, 0.25) is 0 Å². The van der Waals surface area contributed by atoms with Gasteiger partial charge in [-0.3, -0.25) is 0 Å². The fraction of sp³-hybridized carbons (Fsp3) is 0.400. The molecule has 13 heavy (non-hydrogen) atoms. The van der Waals surface area contributed by atoms with E-state index in [4.69, 9.17) is 10.8 Å². The first kappa shape index (κ1) is 10.2. The first-order valence-electron chi connectivity index (χ1n) is 4.34. The number of hydrogen-bond acceptors (Lipinski definition) is 2. The Morgan fingerprint density at radius 2 is 2.23 bits per heavy atom. The first-order chi connectivity index (χ1) is 6.20. The van der Waals surface area contributed by atoms with Gasteiger partial charge in [-0.05, 0) is 23.6 Å². The predicted molar refractivity (Wildman–Crippen MR) is 49.8 cm³/mol. The van der Waals surface area contributed by atoms with Gasteiger partial charge < -0.3 is 10.8 Å². The Hall–Kier alpha value is -0.930. The largest absolute Gasteiger partial charge is 0.394 e. The minimum Gasteiger partial charge on any atom is -0.394 e. The number of hydrogen-bond donors (Lipinski definition) is 2. The third-order valence-electron chi connectivity index (χ3n) is 2.10. The Morgan fingerprint density at radius 3 is 2.77 bits per heavy atom. The summed E-state index contributed by atoms with van der Waals surface area (Å²) in [5.74, 6) is -0.246. The molecule has 2 nitrogen and oxygen atoms in total. The van der Waals surface area contributed by atoms with Gasteiger partial charge in [0.25, 0.3) is 0 Å². The molecule has 1 aromatic rings. The molecule has 0 amide bonds. The average Bonchev–Trinajstić information content (AvgIpc) is 2.16. The zero-order chi connectivity index (χ0) is 9.84. The fourth-order valence-corrected chi connectivity index (χ4v) is 1.39. The molecule has 3 heteroatoms. The molecule has 1 aromatic carbocycles. The summed E-state index contributed by atoms with van der Waals surface area (Å²) in [6, 6.07) is 4.29. The van der Waals surface area contributed by atoms with Crippen LogP contribution in [0.3, 0.4) is 0 Å². The van der Waals surface area contributed by atoms with Gasteiger partial charge in [-0.25, -0.2) is 4.39 Å². The second kappa shape index (κ2) is 4.35. The molecule has 0 aliphatic rings. The van der Waals surface area contributed by atoms with Crippen LogP contribution in [0.2, 0.25) is 0 Å². The molecule has 0 spiro atoms. The molecule has 0 saturated carbocycles. The lowest BCUT2D eigenvalue weighted by Crippen LogP contribution is -2.17. The van der Waals surface area contributed by atoms with Crippen molar-refractivity contribution >= 4 is 0 Å². The lowest BCUT2D eigenvalue weighted by atomic mass is 9.99. The molecule has 1 rings (SSSR count). The molecular weight excluding hydrogens is 169 g/mol. The summed E-state index contributed by atoms with van der Waals surface area (Å²) in [4.78, 5) is 0. The van der Waals surface area contributed by atoms with Crippen molar-refractivity contribution in [3.8, 4) is 0 Å². The average molecular weight is 183 g/mol. The quantitative estimate of drug-likeness (QED) is 0.743. The Kier molecular flexibility index (Phi) is 3.39. The van der Waals surface area contributed by atoms with Gasteiger partial charge in [0, 0.05) is 0 Å². The van der Waals surface area contributed by atoms with E-state index in [1.54, 1.807) is 12.1 Å². The number of benzene rings is 1. The number of aliphatic hydroxyl groups is 1. The van der Waals surface area contributed by atoms with E-state index in [2.05, 4.69) is 0 Å². The van der Waals surface area contributed by atoms with Gasteiger partial charge in [-0.1, -0.05) is 19.1 Å². The maximum Gasteiger partial charge on any atom is 0.126 e. The predicted octanol–water partition coefficient (Wildman–Crippen LogP) is 1.38. The van der Waals surface area contributed by atoms with Crippen LogP contribution in [0.5, 0.6) is 0 Å². The van der Waals surface area contributed by atoms with Crippen molar-refractivity contribution in [3.05, 3.63) is 35.1 Å². The van der Waals surface area contributed by atoms with Crippen LogP contribution in [0.4, 0.5) is 4.39 Å². The van der Waals surface area contributed by atoms with E-state index >= 15 is 0 Å². The van der Waals surface area contributed by atoms with Crippen molar-refractivity contribution in [3.63, 3.8) is 0 Å². The van der Waals surface area contributed by atoms with Crippen LogP contribution in [-0.4, -0.2) is 11.7 Å². The highest BCUT2D eigenvalue weighted by atomic mass is 19.1. The van der Waals surface area contributed by atoms with E-state index in [0.717, 1.165) is 0 Å². The van der Waals surface area contributed by atoms with Crippen molar-refractivity contribution in [2.24, 2.45) is 5.73 Å². The summed E-state index contributed by atoms with van der Waals surface area (Å²) in [6.07, 6.45) is 0.593. The van der Waals surface area contributed by atoms with E-state index in [0.29, 0.717) is 17.5 Å². The third-order valence-corrected chi connectivity index (χ3v) is 2.10. The number of nitrogens with two attached hydrogens (primary N) is 1. The molecule has 0 heterocycles. The third kappa shape index (κ3) is 2.05. The van der Waals surface area contributed by atoms with Crippen LogP contribution in [0.25, 0.3) is 0 Å². The Balaban J connectivity index is 3.12. The second-order valence-electron chi connectivity index (χ2n) is 2.95. The van der Waals surface area contributed by atoms with E-state index in [1.165, 1.54) is 6.07 Å². The fourth-order valence-electron chi connectivity index (χ4n) is 1.39. The van der Waals surface area contributed by atoms with Crippen molar-refractivity contribution < 1.29 is 9.50 Å². The van der Waals surface area contributed by atoms with Crippen LogP contribution in [0.15, 0.2) is 18.2 Å². The molecule has 1 atom stereocenters. The summed E-state index contributed by atoms with van der Waals surface area (Å²) in [5.41, 5.74) is 6.92. The van der Waals surface area contributed by atoms with Crippen molar-refractivity contribution in [1.82, 2.24) is 0 Å². The van der Waals surface area contributed by atoms with Gasteiger partial charge in [-0.15, -0.1) is 0 Å². The summed E-state index contributed by atoms with van der Waals surface area (Å²) in [7, 11) is 0. The highest BCUT2D eigenvalue weighted by Crippen LogP contribution is 2.19. The van der Waals surface area contributed by atoms with Gasteiger partial charge in [0.05, 0.1) is 12.6 Å². The van der Waals surface area contributed by atoms with E-state index in [1.807, 2.05) is 6.92 Å². The lowest BCUT2D eigenvalue weighted by molar-refractivity contribution is 0.267.